The van der Waals surface area contributed by atoms with Gasteiger partial charge >= 0.3 is 0 Å². The smallest absolute Gasteiger partial charge is 0.194 e. The highest BCUT2D eigenvalue weighted by Crippen LogP contribution is 2.39. The molecule has 1 aliphatic heterocycles. The Morgan fingerprint density at radius 2 is 2.15 bits per heavy atom. The summed E-state index contributed by atoms with van der Waals surface area (Å²) in [6, 6.07) is 8.25. The van der Waals surface area contributed by atoms with Gasteiger partial charge in [-0.2, -0.15) is 5.26 Å². The van der Waals surface area contributed by atoms with Gasteiger partial charge in [0.25, 0.3) is 0 Å². The molecule has 3 heterocycles. The van der Waals surface area contributed by atoms with Crippen LogP contribution in [-0.2, 0) is 19.3 Å². The lowest BCUT2D eigenvalue weighted by atomic mass is 9.93. The van der Waals surface area contributed by atoms with Gasteiger partial charge in [0.15, 0.2) is 16.5 Å². The van der Waals surface area contributed by atoms with Gasteiger partial charge in [0, 0.05) is 16.1 Å². The first-order valence-corrected chi connectivity index (χ1v) is 9.85. The van der Waals surface area contributed by atoms with Crippen molar-refractivity contribution in [2.24, 2.45) is 5.92 Å². The second kappa shape index (κ2) is 6.03. The Kier molecular flexibility index (Phi) is 3.64. The summed E-state index contributed by atoms with van der Waals surface area (Å²) in [4.78, 5) is 7.34. The van der Waals surface area contributed by atoms with E-state index in [2.05, 4.69) is 17.4 Å². The Labute approximate surface area is 155 Å². The molecule has 132 valence electrons. The molecular formula is C20H19N3O2S. The van der Waals surface area contributed by atoms with Gasteiger partial charge in [-0.15, -0.1) is 11.3 Å². The molecule has 0 bridgehead atoms. The maximum atomic E-state index is 9.41. The molecule has 0 saturated heterocycles. The number of thiazole rings is 1. The Hall–Kier alpha value is -2.52. The minimum Gasteiger partial charge on any atom is -0.486 e. The van der Waals surface area contributed by atoms with E-state index in [1.165, 1.54) is 17.0 Å². The first-order valence-electron chi connectivity index (χ1n) is 9.03. The first-order chi connectivity index (χ1) is 12.7. The number of benzene rings is 1. The predicted molar refractivity (Wildman–Crippen MR) is 100 cm³/mol. The third-order valence-electron chi connectivity index (χ3n) is 5.22. The fourth-order valence-electron chi connectivity index (χ4n) is 3.94. The van der Waals surface area contributed by atoms with Crippen LogP contribution in [0.5, 0.6) is 11.5 Å². The Balaban J connectivity index is 1.67. The number of hydrogen-bond acceptors (Lipinski definition) is 5. The van der Waals surface area contributed by atoms with E-state index >= 15 is 0 Å². The summed E-state index contributed by atoms with van der Waals surface area (Å²) in [5, 5.41) is 9.41. The molecule has 0 spiro atoms. The molecule has 2 aromatic heterocycles. The number of fused-ring (bicyclic) bond motifs is 4. The molecule has 1 unspecified atom stereocenters. The third-order valence-corrected chi connectivity index (χ3v) is 6.32. The molecule has 6 heteroatoms. The lowest BCUT2D eigenvalue weighted by Gasteiger charge is -2.19. The van der Waals surface area contributed by atoms with Crippen molar-refractivity contribution in [3.05, 3.63) is 34.5 Å². The first kappa shape index (κ1) is 15.7. The number of nitriles is 1. The van der Waals surface area contributed by atoms with E-state index in [-0.39, 0.29) is 0 Å². The standard InChI is InChI=1S/C20H19N3O2S/c1-12-2-4-14-18(10-12)26-20-22-19(15(6-7-21)23(14)20)13-3-5-16-17(11-13)25-9-8-24-16/h3,5,11-12H,2,4,6,8-10H2,1H3. The minimum atomic E-state index is 0.351. The van der Waals surface area contributed by atoms with Crippen molar-refractivity contribution in [3.8, 4) is 28.8 Å². The number of aromatic nitrogens is 2. The molecule has 3 aromatic rings. The van der Waals surface area contributed by atoms with Crippen LogP contribution in [0.4, 0.5) is 0 Å². The van der Waals surface area contributed by atoms with E-state index in [9.17, 15) is 5.26 Å². The second-order valence-electron chi connectivity index (χ2n) is 7.04. The summed E-state index contributed by atoms with van der Waals surface area (Å²) >= 11 is 1.77. The molecule has 0 saturated carbocycles. The molecule has 5 nitrogen and oxygen atoms in total. The lowest BCUT2D eigenvalue weighted by molar-refractivity contribution is 0.171. The Morgan fingerprint density at radius 1 is 1.31 bits per heavy atom. The zero-order valence-corrected chi connectivity index (χ0v) is 15.4. The highest BCUT2D eigenvalue weighted by Gasteiger charge is 2.26. The van der Waals surface area contributed by atoms with Crippen LogP contribution < -0.4 is 9.47 Å². The summed E-state index contributed by atoms with van der Waals surface area (Å²) in [6.45, 7) is 3.45. The fourth-order valence-corrected chi connectivity index (χ4v) is 5.29. The van der Waals surface area contributed by atoms with E-state index < -0.39 is 0 Å². The van der Waals surface area contributed by atoms with E-state index in [0.717, 1.165) is 52.2 Å². The fraction of sp³-hybridized carbons (Fsp3) is 0.400. The summed E-state index contributed by atoms with van der Waals surface area (Å²) in [5.74, 6) is 2.25. The zero-order chi connectivity index (χ0) is 17.7. The SMILES string of the molecule is CC1CCc2c(sc3nc(-c4ccc5c(c4)OCCO5)c(CC#N)n23)C1. The molecule has 0 radical (unpaired) electrons. The molecule has 1 aromatic carbocycles. The van der Waals surface area contributed by atoms with Gasteiger partial charge < -0.3 is 9.47 Å². The van der Waals surface area contributed by atoms with Crippen LogP contribution in [0.1, 0.15) is 29.6 Å². The third kappa shape index (κ3) is 2.38. The molecule has 1 aliphatic carbocycles. The summed E-state index contributed by atoms with van der Waals surface area (Å²) < 4.78 is 13.6. The minimum absolute atomic E-state index is 0.351. The predicted octanol–water partition coefficient (Wildman–Crippen LogP) is 4.02. The van der Waals surface area contributed by atoms with E-state index in [4.69, 9.17) is 14.5 Å². The lowest BCUT2D eigenvalue weighted by Crippen LogP contribution is -2.15. The van der Waals surface area contributed by atoms with Crippen LogP contribution in [0.2, 0.25) is 0 Å². The van der Waals surface area contributed by atoms with Crippen LogP contribution >= 0.6 is 11.3 Å². The van der Waals surface area contributed by atoms with Crippen molar-refractivity contribution >= 4 is 16.3 Å². The largest absolute Gasteiger partial charge is 0.486 e. The topological polar surface area (TPSA) is 59.5 Å². The Morgan fingerprint density at radius 3 is 3.00 bits per heavy atom. The quantitative estimate of drug-likeness (QED) is 0.688. The zero-order valence-electron chi connectivity index (χ0n) is 14.6. The van der Waals surface area contributed by atoms with Crippen LogP contribution in [-0.4, -0.2) is 22.6 Å². The molecule has 26 heavy (non-hydrogen) atoms. The van der Waals surface area contributed by atoms with Gasteiger partial charge in [0.1, 0.15) is 13.2 Å². The second-order valence-corrected chi connectivity index (χ2v) is 8.10. The number of ether oxygens (including phenoxy) is 2. The highest BCUT2D eigenvalue weighted by molar-refractivity contribution is 7.17. The average Bonchev–Trinajstić information content (AvgIpc) is 3.17. The number of rotatable bonds is 2. The van der Waals surface area contributed by atoms with Crippen molar-refractivity contribution < 1.29 is 9.47 Å². The molecular weight excluding hydrogens is 346 g/mol. The van der Waals surface area contributed by atoms with Crippen LogP contribution in [0.15, 0.2) is 18.2 Å². The van der Waals surface area contributed by atoms with Crippen molar-refractivity contribution in [1.82, 2.24) is 9.38 Å². The normalized spacial score (nSPS) is 18.5. The highest BCUT2D eigenvalue weighted by atomic mass is 32.1. The van der Waals surface area contributed by atoms with E-state index in [0.29, 0.717) is 19.6 Å². The maximum Gasteiger partial charge on any atom is 0.194 e. The van der Waals surface area contributed by atoms with Gasteiger partial charge in [-0.25, -0.2) is 4.98 Å². The summed E-state index contributed by atoms with van der Waals surface area (Å²) in [6.07, 6.45) is 3.73. The van der Waals surface area contributed by atoms with E-state index in [1.807, 2.05) is 18.2 Å². The van der Waals surface area contributed by atoms with Crippen molar-refractivity contribution in [3.63, 3.8) is 0 Å². The van der Waals surface area contributed by atoms with Crippen LogP contribution in [0.3, 0.4) is 0 Å². The Bertz CT molecular complexity index is 1040. The molecule has 0 amide bonds. The van der Waals surface area contributed by atoms with Gasteiger partial charge in [-0.1, -0.05) is 6.92 Å². The number of nitrogens with zero attached hydrogens (tertiary/aromatic N) is 3. The van der Waals surface area contributed by atoms with Crippen molar-refractivity contribution in [2.75, 3.05) is 13.2 Å². The average molecular weight is 365 g/mol. The molecule has 5 rings (SSSR count). The van der Waals surface area contributed by atoms with E-state index in [1.54, 1.807) is 11.3 Å². The van der Waals surface area contributed by atoms with Crippen LogP contribution in [0, 0.1) is 17.2 Å². The molecule has 0 N–H and O–H groups in total. The molecule has 1 atom stereocenters. The van der Waals surface area contributed by atoms with Gasteiger partial charge in [0.2, 0.25) is 0 Å². The molecule has 2 aliphatic rings. The number of imidazole rings is 1. The number of aryl methyl sites for hydroxylation is 1. The van der Waals surface area contributed by atoms with Crippen molar-refractivity contribution in [2.45, 2.75) is 32.6 Å². The molecule has 0 fully saturated rings. The monoisotopic (exact) mass is 365 g/mol. The van der Waals surface area contributed by atoms with Gasteiger partial charge in [-0.05, 0) is 43.4 Å². The maximum absolute atomic E-state index is 9.41. The summed E-state index contributed by atoms with van der Waals surface area (Å²) in [7, 11) is 0. The van der Waals surface area contributed by atoms with Crippen molar-refractivity contribution in [1.29, 1.82) is 5.26 Å². The van der Waals surface area contributed by atoms with Gasteiger partial charge in [0.05, 0.1) is 23.9 Å². The number of hydrogen-bond donors (Lipinski definition) is 0. The summed E-state index contributed by atoms with van der Waals surface area (Å²) in [5.41, 5.74) is 4.21. The van der Waals surface area contributed by atoms with Crippen LogP contribution in [0.25, 0.3) is 16.2 Å². The van der Waals surface area contributed by atoms with Gasteiger partial charge in [-0.3, -0.25) is 4.40 Å².